The highest BCUT2D eigenvalue weighted by Crippen LogP contribution is 2.46. The summed E-state index contributed by atoms with van der Waals surface area (Å²) in [5.41, 5.74) is 0.383. The van der Waals surface area contributed by atoms with Gasteiger partial charge in [-0.05, 0) is 5.41 Å². The molecule has 2 radical (unpaired) electrons. The van der Waals surface area contributed by atoms with Crippen molar-refractivity contribution in [1.82, 2.24) is 0 Å². The van der Waals surface area contributed by atoms with Crippen LogP contribution in [0.5, 0.6) is 0 Å². The van der Waals surface area contributed by atoms with Gasteiger partial charge in [0, 0.05) is 0 Å². The lowest BCUT2D eigenvalue weighted by Crippen LogP contribution is -2.22. The van der Waals surface area contributed by atoms with Gasteiger partial charge in [0.1, 0.15) is 0 Å². The summed E-state index contributed by atoms with van der Waals surface area (Å²) in [4.78, 5) is 0. The summed E-state index contributed by atoms with van der Waals surface area (Å²) >= 11 is 0. The van der Waals surface area contributed by atoms with E-state index < -0.39 is 0 Å². The molecule has 1 aliphatic carbocycles. The maximum atomic E-state index is 6.51. The molecule has 0 heterocycles. The van der Waals surface area contributed by atoms with Gasteiger partial charge >= 0.3 is 0 Å². The smallest absolute Gasteiger partial charge is 0.0656 e. The summed E-state index contributed by atoms with van der Waals surface area (Å²) in [6, 6.07) is 0. The van der Waals surface area contributed by atoms with Crippen molar-refractivity contribution < 1.29 is 0 Å². The second kappa shape index (κ2) is 4.72. The molecular formula is C13H25B. The van der Waals surface area contributed by atoms with Gasteiger partial charge in [-0.1, -0.05) is 77.5 Å². The van der Waals surface area contributed by atoms with E-state index in [1.165, 1.54) is 51.4 Å². The van der Waals surface area contributed by atoms with Crippen LogP contribution in [0.1, 0.15) is 72.1 Å². The van der Waals surface area contributed by atoms with Crippen LogP contribution in [0.4, 0.5) is 0 Å². The molecular weight excluding hydrogens is 167 g/mol. The molecule has 0 aromatic heterocycles. The molecule has 1 heteroatoms. The minimum absolute atomic E-state index is 0.138. The van der Waals surface area contributed by atoms with Gasteiger partial charge < -0.3 is 0 Å². The molecule has 0 saturated heterocycles. The zero-order valence-electron chi connectivity index (χ0n) is 10.2. The van der Waals surface area contributed by atoms with Crippen LogP contribution in [-0.2, 0) is 0 Å². The van der Waals surface area contributed by atoms with Gasteiger partial charge in [0.05, 0.1) is 7.85 Å². The van der Waals surface area contributed by atoms with Crippen LogP contribution < -0.4 is 0 Å². The molecule has 1 rings (SSSR count). The summed E-state index contributed by atoms with van der Waals surface area (Å²) in [5, 5.41) is 0.138. The van der Waals surface area contributed by atoms with Crippen molar-refractivity contribution >= 4 is 7.85 Å². The molecule has 0 N–H and O–H groups in total. The van der Waals surface area contributed by atoms with Gasteiger partial charge in [-0.2, -0.15) is 0 Å². The third-order valence-electron chi connectivity index (χ3n) is 3.23. The van der Waals surface area contributed by atoms with Gasteiger partial charge in [0.2, 0.25) is 0 Å². The quantitative estimate of drug-likeness (QED) is 0.537. The lowest BCUT2D eigenvalue weighted by Gasteiger charge is -2.37. The van der Waals surface area contributed by atoms with Crippen molar-refractivity contribution in [2.75, 3.05) is 0 Å². The van der Waals surface area contributed by atoms with E-state index in [-0.39, 0.29) is 5.31 Å². The van der Waals surface area contributed by atoms with Crippen molar-refractivity contribution in [3.63, 3.8) is 0 Å². The average Bonchev–Trinajstić information content (AvgIpc) is 1.95. The lowest BCUT2D eigenvalue weighted by atomic mass is 9.56. The van der Waals surface area contributed by atoms with E-state index in [1.807, 2.05) is 0 Å². The topological polar surface area (TPSA) is 0 Å². The second-order valence-corrected chi connectivity index (χ2v) is 6.37. The summed E-state index contributed by atoms with van der Waals surface area (Å²) in [6.07, 6.45) is 10.5. The molecule has 0 nitrogen and oxygen atoms in total. The molecule has 0 spiro atoms. The minimum atomic E-state index is 0.138. The Morgan fingerprint density at radius 3 is 1.79 bits per heavy atom. The zero-order valence-corrected chi connectivity index (χ0v) is 10.2. The van der Waals surface area contributed by atoms with Crippen molar-refractivity contribution in [2.45, 2.75) is 77.5 Å². The molecule has 0 bridgehead atoms. The van der Waals surface area contributed by atoms with Crippen molar-refractivity contribution in [1.29, 1.82) is 0 Å². The van der Waals surface area contributed by atoms with Crippen molar-refractivity contribution in [3.05, 3.63) is 0 Å². The predicted octanol–water partition coefficient (Wildman–Crippen LogP) is 4.49. The highest BCUT2D eigenvalue weighted by Gasteiger charge is 2.29. The van der Waals surface area contributed by atoms with E-state index in [4.69, 9.17) is 7.85 Å². The third-order valence-corrected chi connectivity index (χ3v) is 3.23. The maximum absolute atomic E-state index is 6.51. The Balaban J connectivity index is 2.50. The summed E-state index contributed by atoms with van der Waals surface area (Å²) < 4.78 is 0. The Bertz CT molecular complexity index is 159. The molecule has 0 atom stereocenters. The first-order chi connectivity index (χ1) is 6.41. The summed E-state index contributed by atoms with van der Waals surface area (Å²) in [5.74, 6) is 0. The fourth-order valence-corrected chi connectivity index (χ4v) is 2.84. The molecule has 1 saturated carbocycles. The zero-order chi connectivity index (χ0) is 10.7. The first-order valence-corrected chi connectivity index (χ1v) is 6.20. The largest absolute Gasteiger partial charge is 0.0746 e. The minimum Gasteiger partial charge on any atom is -0.0656 e. The monoisotopic (exact) mass is 192 g/mol. The van der Waals surface area contributed by atoms with Gasteiger partial charge in [0.15, 0.2) is 0 Å². The van der Waals surface area contributed by atoms with Gasteiger partial charge in [-0.3, -0.25) is 0 Å². The Kier molecular flexibility index (Phi) is 4.09. The summed E-state index contributed by atoms with van der Waals surface area (Å²) in [7, 11) is 6.51. The van der Waals surface area contributed by atoms with Gasteiger partial charge in [-0.15, -0.1) is 0 Å². The molecule has 0 amide bonds. The van der Waals surface area contributed by atoms with Crippen LogP contribution in [0.2, 0.25) is 5.31 Å². The fourth-order valence-electron chi connectivity index (χ4n) is 2.84. The maximum Gasteiger partial charge on any atom is 0.0746 e. The Morgan fingerprint density at radius 1 is 0.929 bits per heavy atom. The van der Waals surface area contributed by atoms with Crippen LogP contribution in [0.15, 0.2) is 0 Å². The molecule has 0 unspecified atom stereocenters. The summed E-state index contributed by atoms with van der Waals surface area (Å²) in [6.45, 7) is 6.92. The normalized spacial score (nSPS) is 23.9. The SMILES string of the molecule is [B]C1(CC(C)(C)C)CCCCCCC1. The van der Waals surface area contributed by atoms with Crippen LogP contribution in [0, 0.1) is 5.41 Å². The highest BCUT2D eigenvalue weighted by molar-refractivity contribution is 6.15. The second-order valence-electron chi connectivity index (χ2n) is 6.37. The molecule has 14 heavy (non-hydrogen) atoms. The van der Waals surface area contributed by atoms with E-state index in [1.54, 1.807) is 0 Å². The molecule has 0 aromatic rings. The average molecular weight is 192 g/mol. The van der Waals surface area contributed by atoms with Crippen molar-refractivity contribution in [3.8, 4) is 0 Å². The number of rotatable bonds is 1. The highest BCUT2D eigenvalue weighted by atomic mass is 14.3. The lowest BCUT2D eigenvalue weighted by molar-refractivity contribution is 0.267. The first kappa shape index (κ1) is 12.1. The van der Waals surface area contributed by atoms with Crippen molar-refractivity contribution in [2.24, 2.45) is 5.41 Å². The Morgan fingerprint density at radius 2 is 1.36 bits per heavy atom. The molecule has 1 fully saturated rings. The Labute approximate surface area is 91.3 Å². The predicted molar refractivity (Wildman–Crippen MR) is 64.8 cm³/mol. The van der Waals surface area contributed by atoms with Crippen LogP contribution in [-0.4, -0.2) is 7.85 Å². The van der Waals surface area contributed by atoms with Crippen LogP contribution in [0.25, 0.3) is 0 Å². The molecule has 0 aromatic carbocycles. The van der Waals surface area contributed by atoms with E-state index >= 15 is 0 Å². The first-order valence-electron chi connectivity index (χ1n) is 6.20. The van der Waals surface area contributed by atoms with Crippen LogP contribution in [0.3, 0.4) is 0 Å². The number of hydrogen-bond donors (Lipinski definition) is 0. The molecule has 1 aliphatic rings. The van der Waals surface area contributed by atoms with Crippen LogP contribution >= 0.6 is 0 Å². The van der Waals surface area contributed by atoms with E-state index in [9.17, 15) is 0 Å². The van der Waals surface area contributed by atoms with E-state index in [2.05, 4.69) is 20.8 Å². The third kappa shape index (κ3) is 4.53. The molecule has 0 aliphatic heterocycles. The fraction of sp³-hybridized carbons (Fsp3) is 1.00. The Hall–Kier alpha value is 0.0649. The van der Waals surface area contributed by atoms with Gasteiger partial charge in [0.25, 0.3) is 0 Å². The van der Waals surface area contributed by atoms with E-state index in [0.29, 0.717) is 5.41 Å². The standard InChI is InChI=1S/C13H25B/c1-12(2,3)11-13(14)9-7-5-4-6-8-10-13/h4-11H2,1-3H3. The molecule has 80 valence electrons. The van der Waals surface area contributed by atoms with Gasteiger partial charge in [-0.25, -0.2) is 0 Å². The number of hydrogen-bond acceptors (Lipinski definition) is 0. The van der Waals surface area contributed by atoms with E-state index in [0.717, 1.165) is 0 Å².